The first-order chi connectivity index (χ1) is 15.0. The summed E-state index contributed by atoms with van der Waals surface area (Å²) < 4.78 is 27.8. The second-order valence-electron chi connectivity index (χ2n) is 7.33. The van der Waals surface area contributed by atoms with Crippen LogP contribution in [0.2, 0.25) is 0 Å². The molecular weight excluding hydrogens is 403 g/mol. The van der Waals surface area contributed by atoms with Crippen molar-refractivity contribution in [2.24, 2.45) is 0 Å². The summed E-state index contributed by atoms with van der Waals surface area (Å²) in [5, 5.41) is 0.545. The molecule has 3 aromatic heterocycles. The Bertz CT molecular complexity index is 1350. The van der Waals surface area contributed by atoms with Gasteiger partial charge in [-0.25, -0.2) is 9.37 Å². The maximum atomic E-state index is 13.7. The zero-order valence-electron chi connectivity index (χ0n) is 16.7. The average Bonchev–Trinajstić information content (AvgIpc) is 3.42. The molecule has 0 unspecified atom stereocenters. The van der Waals surface area contributed by atoms with Gasteiger partial charge >= 0.3 is 0 Å². The topological polar surface area (TPSA) is 82.5 Å². The third-order valence-electron chi connectivity index (χ3n) is 5.39. The van der Waals surface area contributed by atoms with Crippen LogP contribution in [-0.2, 0) is 6.54 Å². The molecule has 0 N–H and O–H groups in total. The number of aromatic nitrogens is 3. The number of fused-ring (bicyclic) bond motifs is 2. The van der Waals surface area contributed by atoms with Crippen molar-refractivity contribution in [2.45, 2.75) is 13.5 Å². The highest BCUT2D eigenvalue weighted by Crippen LogP contribution is 2.28. The number of pyridine rings is 1. The predicted octanol–water partition coefficient (Wildman–Crippen LogP) is 2.76. The lowest BCUT2D eigenvalue weighted by atomic mass is 10.2. The first-order valence-corrected chi connectivity index (χ1v) is 9.85. The van der Waals surface area contributed by atoms with Crippen molar-refractivity contribution in [1.29, 1.82) is 0 Å². The van der Waals surface area contributed by atoms with Gasteiger partial charge in [0, 0.05) is 19.3 Å². The number of benzene rings is 1. The summed E-state index contributed by atoms with van der Waals surface area (Å²) >= 11 is 0. The first kappa shape index (κ1) is 19.1. The Hall–Kier alpha value is -3.88. The highest BCUT2D eigenvalue weighted by Gasteiger charge is 2.26. The van der Waals surface area contributed by atoms with Gasteiger partial charge in [0.25, 0.3) is 11.5 Å². The zero-order valence-corrected chi connectivity index (χ0v) is 16.7. The van der Waals surface area contributed by atoms with Gasteiger partial charge in [-0.15, -0.1) is 0 Å². The van der Waals surface area contributed by atoms with E-state index in [0.29, 0.717) is 42.2 Å². The van der Waals surface area contributed by atoms with Crippen LogP contribution in [0.4, 0.5) is 4.39 Å². The van der Waals surface area contributed by atoms with E-state index in [-0.39, 0.29) is 23.7 Å². The lowest BCUT2D eigenvalue weighted by molar-refractivity contribution is 0.0673. The number of aryl methyl sites for hydroxylation is 1. The van der Waals surface area contributed by atoms with Crippen LogP contribution in [0.15, 0.2) is 58.3 Å². The molecule has 0 atom stereocenters. The molecule has 0 saturated heterocycles. The molecule has 0 fully saturated rings. The van der Waals surface area contributed by atoms with Crippen molar-refractivity contribution in [1.82, 2.24) is 19.0 Å². The molecule has 158 valence electrons. The number of halogens is 1. The molecule has 0 spiro atoms. The summed E-state index contributed by atoms with van der Waals surface area (Å²) in [6, 6.07) is 7.77. The fourth-order valence-corrected chi connectivity index (χ4v) is 3.82. The molecule has 31 heavy (non-hydrogen) atoms. The minimum absolute atomic E-state index is 0.142. The summed E-state index contributed by atoms with van der Waals surface area (Å²) in [4.78, 5) is 31.6. The van der Waals surface area contributed by atoms with Crippen molar-refractivity contribution >= 4 is 16.9 Å². The lowest BCUT2D eigenvalue weighted by Gasteiger charge is -2.29. The summed E-state index contributed by atoms with van der Waals surface area (Å²) in [5.41, 5.74) is 1.51. The van der Waals surface area contributed by atoms with E-state index < -0.39 is 5.82 Å². The molecule has 4 heterocycles. The van der Waals surface area contributed by atoms with Gasteiger partial charge in [-0.3, -0.25) is 9.59 Å². The van der Waals surface area contributed by atoms with Crippen molar-refractivity contribution in [3.63, 3.8) is 0 Å². The Morgan fingerprint density at radius 3 is 2.84 bits per heavy atom. The van der Waals surface area contributed by atoms with E-state index in [1.54, 1.807) is 46.3 Å². The van der Waals surface area contributed by atoms with Crippen molar-refractivity contribution < 1.29 is 18.3 Å². The lowest BCUT2D eigenvalue weighted by Crippen LogP contribution is -2.46. The van der Waals surface area contributed by atoms with Crippen molar-refractivity contribution in [3.8, 4) is 11.4 Å². The van der Waals surface area contributed by atoms with Crippen LogP contribution in [-0.4, -0.2) is 44.6 Å². The average molecular weight is 422 g/mol. The Morgan fingerprint density at radius 2 is 2.03 bits per heavy atom. The number of furan rings is 1. The van der Waals surface area contributed by atoms with E-state index in [1.165, 1.54) is 16.9 Å². The number of hydrogen-bond donors (Lipinski definition) is 0. The minimum Gasteiger partial charge on any atom is -0.491 e. The van der Waals surface area contributed by atoms with Crippen LogP contribution in [0.1, 0.15) is 16.2 Å². The standard InChI is InChI=1S/C22H19FN4O4/c1-14-12-26(13-24-14)17-3-4-18-21(28)25(7-8-27(18)22(17)29)9-11-30-19-5-2-16(23)20-15(19)6-10-31-20/h2-6,10,12-13H,7-9,11H2,1H3. The molecule has 1 aromatic carbocycles. The number of amides is 1. The summed E-state index contributed by atoms with van der Waals surface area (Å²) in [7, 11) is 0. The molecule has 9 heteroatoms. The highest BCUT2D eigenvalue weighted by molar-refractivity contribution is 5.93. The van der Waals surface area contributed by atoms with Crippen molar-refractivity contribution in [2.75, 3.05) is 19.7 Å². The van der Waals surface area contributed by atoms with Crippen LogP contribution >= 0.6 is 0 Å². The Balaban J connectivity index is 1.31. The molecule has 8 nitrogen and oxygen atoms in total. The normalized spacial score (nSPS) is 13.6. The minimum atomic E-state index is -0.453. The van der Waals surface area contributed by atoms with Gasteiger partial charge in [-0.05, 0) is 37.3 Å². The van der Waals surface area contributed by atoms with E-state index in [4.69, 9.17) is 9.15 Å². The molecule has 0 saturated carbocycles. The number of carbonyl (C=O) groups is 1. The number of imidazole rings is 1. The molecule has 1 aliphatic rings. The number of hydrogen-bond acceptors (Lipinski definition) is 5. The van der Waals surface area contributed by atoms with Gasteiger partial charge in [0.15, 0.2) is 11.4 Å². The van der Waals surface area contributed by atoms with Crippen LogP contribution < -0.4 is 10.3 Å². The smallest absolute Gasteiger partial charge is 0.275 e. The fraction of sp³-hybridized carbons (Fsp3) is 0.227. The molecule has 5 rings (SSSR count). The largest absolute Gasteiger partial charge is 0.491 e. The summed E-state index contributed by atoms with van der Waals surface area (Å²) in [6.07, 6.45) is 4.76. The van der Waals surface area contributed by atoms with Gasteiger partial charge in [0.2, 0.25) is 0 Å². The van der Waals surface area contributed by atoms with Crippen LogP contribution in [0.5, 0.6) is 5.75 Å². The second kappa shape index (κ2) is 7.42. The van der Waals surface area contributed by atoms with E-state index >= 15 is 0 Å². The molecular formula is C22H19FN4O4. The summed E-state index contributed by atoms with van der Waals surface area (Å²) in [6.45, 7) is 3.20. The second-order valence-corrected chi connectivity index (χ2v) is 7.33. The van der Waals surface area contributed by atoms with E-state index in [2.05, 4.69) is 4.98 Å². The van der Waals surface area contributed by atoms with Crippen molar-refractivity contribution in [3.05, 3.63) is 76.7 Å². The monoisotopic (exact) mass is 422 g/mol. The molecule has 4 aromatic rings. The molecule has 0 radical (unpaired) electrons. The Kier molecular flexibility index (Phi) is 4.58. The Morgan fingerprint density at radius 1 is 1.16 bits per heavy atom. The molecule has 1 aliphatic heterocycles. The number of nitrogens with zero attached hydrogens (tertiary/aromatic N) is 4. The third-order valence-corrected chi connectivity index (χ3v) is 5.39. The van der Waals surface area contributed by atoms with Gasteiger partial charge in [-0.2, -0.15) is 0 Å². The zero-order chi connectivity index (χ0) is 21.5. The summed E-state index contributed by atoms with van der Waals surface area (Å²) in [5.74, 6) is -0.190. The maximum Gasteiger partial charge on any atom is 0.275 e. The van der Waals surface area contributed by atoms with E-state index in [9.17, 15) is 14.0 Å². The first-order valence-electron chi connectivity index (χ1n) is 9.85. The quantitative estimate of drug-likeness (QED) is 0.494. The van der Waals surface area contributed by atoms with Crippen LogP contribution in [0, 0.1) is 12.7 Å². The van der Waals surface area contributed by atoms with Gasteiger partial charge in [-0.1, -0.05) is 0 Å². The fourth-order valence-electron chi connectivity index (χ4n) is 3.82. The van der Waals surface area contributed by atoms with Gasteiger partial charge in [0.05, 0.1) is 30.2 Å². The molecule has 0 bridgehead atoms. The maximum absolute atomic E-state index is 13.7. The molecule has 1 amide bonds. The van der Waals surface area contributed by atoms with Gasteiger partial charge in [0.1, 0.15) is 23.7 Å². The predicted molar refractivity (Wildman–Crippen MR) is 110 cm³/mol. The van der Waals surface area contributed by atoms with Crippen LogP contribution in [0.25, 0.3) is 16.7 Å². The van der Waals surface area contributed by atoms with Crippen LogP contribution in [0.3, 0.4) is 0 Å². The van der Waals surface area contributed by atoms with Gasteiger partial charge < -0.3 is 23.2 Å². The SMILES string of the molecule is Cc1cn(-c2ccc3n(c2=O)CCN(CCOc2ccc(F)c4occc24)C3=O)cn1. The van der Waals surface area contributed by atoms with E-state index in [1.807, 2.05) is 6.92 Å². The third kappa shape index (κ3) is 3.27. The number of rotatable bonds is 5. The highest BCUT2D eigenvalue weighted by atomic mass is 19.1. The van der Waals surface area contributed by atoms with E-state index in [0.717, 1.165) is 5.69 Å². The Labute approximate surface area is 176 Å². The number of carbonyl (C=O) groups excluding carboxylic acids is 1. The number of ether oxygens (including phenoxy) is 1. The molecule has 0 aliphatic carbocycles.